The third-order valence-electron chi connectivity index (χ3n) is 2.82. The van der Waals surface area contributed by atoms with Gasteiger partial charge in [0.25, 0.3) is 0 Å². The standard InChI is InChI=1S/C14H16FNS/c1-9-5-4-6-13(15)14(9)16-8-12-7-10(2)17-11(12)3/h4-7,16H,8H2,1-3H3. The van der Waals surface area contributed by atoms with Crippen molar-refractivity contribution < 1.29 is 4.39 Å². The minimum absolute atomic E-state index is 0.186. The monoisotopic (exact) mass is 249 g/mol. The van der Waals surface area contributed by atoms with Crippen LogP contribution < -0.4 is 5.32 Å². The first-order chi connectivity index (χ1) is 8.08. The lowest BCUT2D eigenvalue weighted by atomic mass is 10.2. The predicted molar refractivity (Wildman–Crippen MR) is 72.3 cm³/mol. The van der Waals surface area contributed by atoms with Gasteiger partial charge in [-0.25, -0.2) is 4.39 Å². The number of hydrogen-bond acceptors (Lipinski definition) is 2. The molecule has 0 fully saturated rings. The summed E-state index contributed by atoms with van der Waals surface area (Å²) < 4.78 is 13.6. The van der Waals surface area contributed by atoms with Crippen LogP contribution in [-0.2, 0) is 6.54 Å². The summed E-state index contributed by atoms with van der Waals surface area (Å²) in [6.45, 7) is 6.79. The molecule has 1 N–H and O–H groups in total. The molecule has 0 aliphatic rings. The van der Waals surface area contributed by atoms with E-state index in [1.54, 1.807) is 17.4 Å². The van der Waals surface area contributed by atoms with Crippen LogP contribution in [0.4, 0.5) is 10.1 Å². The molecule has 3 heteroatoms. The third kappa shape index (κ3) is 2.67. The van der Waals surface area contributed by atoms with Gasteiger partial charge in [0.2, 0.25) is 0 Å². The normalized spacial score (nSPS) is 10.6. The Bertz CT molecular complexity index is 511. The highest BCUT2D eigenvalue weighted by atomic mass is 32.1. The Labute approximate surface area is 105 Å². The first-order valence-electron chi connectivity index (χ1n) is 5.63. The molecule has 1 nitrogen and oxygen atoms in total. The Morgan fingerprint density at radius 2 is 2.00 bits per heavy atom. The lowest BCUT2D eigenvalue weighted by Crippen LogP contribution is -2.03. The van der Waals surface area contributed by atoms with Gasteiger partial charge in [-0.1, -0.05) is 12.1 Å². The van der Waals surface area contributed by atoms with Gasteiger partial charge in [0.15, 0.2) is 0 Å². The topological polar surface area (TPSA) is 12.0 Å². The fourth-order valence-corrected chi connectivity index (χ4v) is 2.84. The van der Waals surface area contributed by atoms with E-state index in [1.165, 1.54) is 21.4 Å². The Morgan fingerprint density at radius 1 is 1.24 bits per heavy atom. The molecule has 1 heterocycles. The number of rotatable bonds is 3. The van der Waals surface area contributed by atoms with Crippen molar-refractivity contribution >= 4 is 17.0 Å². The van der Waals surface area contributed by atoms with Crippen molar-refractivity contribution in [3.8, 4) is 0 Å². The van der Waals surface area contributed by atoms with Crippen LogP contribution in [0, 0.1) is 26.6 Å². The van der Waals surface area contributed by atoms with Crippen LogP contribution in [-0.4, -0.2) is 0 Å². The molecule has 0 saturated carbocycles. The molecule has 0 bridgehead atoms. The zero-order valence-electron chi connectivity index (χ0n) is 10.3. The minimum Gasteiger partial charge on any atom is -0.378 e. The molecule has 2 rings (SSSR count). The molecule has 17 heavy (non-hydrogen) atoms. The van der Waals surface area contributed by atoms with Gasteiger partial charge in [0.1, 0.15) is 5.82 Å². The second-order valence-corrected chi connectivity index (χ2v) is 5.68. The van der Waals surface area contributed by atoms with E-state index in [9.17, 15) is 4.39 Å². The van der Waals surface area contributed by atoms with Crippen LogP contribution in [0.5, 0.6) is 0 Å². The van der Waals surface area contributed by atoms with E-state index in [-0.39, 0.29) is 5.82 Å². The number of anilines is 1. The Hall–Kier alpha value is -1.35. The fraction of sp³-hybridized carbons (Fsp3) is 0.286. The molecule has 0 radical (unpaired) electrons. The molecule has 0 saturated heterocycles. The average molecular weight is 249 g/mol. The SMILES string of the molecule is Cc1cc(CNc2c(C)cccc2F)c(C)s1. The van der Waals surface area contributed by atoms with Crippen molar-refractivity contribution in [2.24, 2.45) is 0 Å². The highest BCUT2D eigenvalue weighted by molar-refractivity contribution is 7.12. The molecule has 0 amide bonds. The number of thiophene rings is 1. The molecule has 0 aliphatic heterocycles. The lowest BCUT2D eigenvalue weighted by molar-refractivity contribution is 0.629. The number of para-hydroxylation sites is 1. The van der Waals surface area contributed by atoms with E-state index in [0.717, 1.165) is 5.56 Å². The van der Waals surface area contributed by atoms with E-state index in [4.69, 9.17) is 0 Å². The summed E-state index contributed by atoms with van der Waals surface area (Å²) in [5, 5.41) is 3.18. The van der Waals surface area contributed by atoms with Crippen LogP contribution in [0.3, 0.4) is 0 Å². The second kappa shape index (κ2) is 4.88. The van der Waals surface area contributed by atoms with Crippen molar-refractivity contribution in [1.82, 2.24) is 0 Å². The Morgan fingerprint density at radius 3 is 2.59 bits per heavy atom. The van der Waals surface area contributed by atoms with Crippen molar-refractivity contribution in [2.75, 3.05) is 5.32 Å². The molecule has 2 aromatic rings. The van der Waals surface area contributed by atoms with E-state index < -0.39 is 0 Å². The number of benzene rings is 1. The summed E-state index contributed by atoms with van der Waals surface area (Å²) in [7, 11) is 0. The van der Waals surface area contributed by atoms with Gasteiger partial charge >= 0.3 is 0 Å². The highest BCUT2D eigenvalue weighted by Gasteiger charge is 2.07. The van der Waals surface area contributed by atoms with Crippen LogP contribution >= 0.6 is 11.3 Å². The maximum atomic E-state index is 13.6. The quantitative estimate of drug-likeness (QED) is 0.848. The average Bonchev–Trinajstić information content (AvgIpc) is 2.57. The molecule has 90 valence electrons. The molecular formula is C14H16FNS. The Balaban J connectivity index is 2.15. The predicted octanol–water partition coefficient (Wildman–Crippen LogP) is 4.42. The maximum Gasteiger partial charge on any atom is 0.146 e. The van der Waals surface area contributed by atoms with Crippen LogP contribution in [0.25, 0.3) is 0 Å². The minimum atomic E-state index is -0.186. The fourth-order valence-electron chi connectivity index (χ4n) is 1.90. The van der Waals surface area contributed by atoms with Gasteiger partial charge in [0, 0.05) is 16.3 Å². The zero-order valence-corrected chi connectivity index (χ0v) is 11.1. The Kier molecular flexibility index (Phi) is 3.48. The summed E-state index contributed by atoms with van der Waals surface area (Å²) in [6, 6.07) is 7.29. The lowest BCUT2D eigenvalue weighted by Gasteiger charge is -2.10. The summed E-state index contributed by atoms with van der Waals surface area (Å²) in [6.07, 6.45) is 0. The van der Waals surface area contributed by atoms with E-state index in [2.05, 4.69) is 25.2 Å². The maximum absolute atomic E-state index is 13.6. The number of aryl methyl sites for hydroxylation is 3. The zero-order chi connectivity index (χ0) is 12.4. The van der Waals surface area contributed by atoms with Gasteiger partial charge in [-0.05, 0) is 44.0 Å². The second-order valence-electron chi connectivity index (χ2n) is 4.22. The van der Waals surface area contributed by atoms with Crippen molar-refractivity contribution in [3.63, 3.8) is 0 Å². The number of nitrogens with one attached hydrogen (secondary N) is 1. The van der Waals surface area contributed by atoms with Gasteiger partial charge in [-0.2, -0.15) is 0 Å². The summed E-state index contributed by atoms with van der Waals surface area (Å²) >= 11 is 1.78. The van der Waals surface area contributed by atoms with Crippen molar-refractivity contribution in [2.45, 2.75) is 27.3 Å². The summed E-state index contributed by atoms with van der Waals surface area (Å²) in [5.74, 6) is -0.186. The third-order valence-corrected chi connectivity index (χ3v) is 3.83. The molecule has 1 aromatic carbocycles. The van der Waals surface area contributed by atoms with Gasteiger partial charge in [0.05, 0.1) is 5.69 Å². The molecular weight excluding hydrogens is 233 g/mol. The largest absolute Gasteiger partial charge is 0.378 e. The summed E-state index contributed by atoms with van der Waals surface area (Å²) in [4.78, 5) is 2.59. The van der Waals surface area contributed by atoms with Gasteiger partial charge in [-0.15, -0.1) is 11.3 Å². The molecule has 0 unspecified atom stereocenters. The van der Waals surface area contributed by atoms with E-state index >= 15 is 0 Å². The molecule has 0 spiro atoms. The van der Waals surface area contributed by atoms with E-state index in [0.29, 0.717) is 12.2 Å². The first kappa shape index (κ1) is 12.1. The summed E-state index contributed by atoms with van der Waals surface area (Å²) in [5.41, 5.74) is 2.79. The van der Waals surface area contributed by atoms with E-state index in [1.807, 2.05) is 13.0 Å². The smallest absolute Gasteiger partial charge is 0.146 e. The molecule has 1 aromatic heterocycles. The highest BCUT2D eigenvalue weighted by Crippen LogP contribution is 2.24. The number of hydrogen-bond donors (Lipinski definition) is 1. The van der Waals surface area contributed by atoms with Gasteiger partial charge < -0.3 is 5.32 Å². The van der Waals surface area contributed by atoms with Crippen molar-refractivity contribution in [3.05, 3.63) is 51.0 Å². The van der Waals surface area contributed by atoms with Crippen LogP contribution in [0.2, 0.25) is 0 Å². The molecule has 0 aliphatic carbocycles. The number of halogens is 1. The van der Waals surface area contributed by atoms with Crippen molar-refractivity contribution in [1.29, 1.82) is 0 Å². The van der Waals surface area contributed by atoms with Crippen LogP contribution in [0.15, 0.2) is 24.3 Å². The first-order valence-corrected chi connectivity index (χ1v) is 6.44. The van der Waals surface area contributed by atoms with Crippen LogP contribution in [0.1, 0.15) is 20.9 Å². The molecule has 0 atom stereocenters. The van der Waals surface area contributed by atoms with Gasteiger partial charge in [-0.3, -0.25) is 0 Å².